The van der Waals surface area contributed by atoms with Crippen LogP contribution in [0.2, 0.25) is 0 Å². The minimum atomic E-state index is -0.942. The molecule has 0 spiro atoms. The molecule has 0 fully saturated rings. The lowest BCUT2D eigenvalue weighted by Gasteiger charge is -2.14. The smallest absolute Gasteiger partial charge is 0.305 e. The maximum Gasteiger partial charge on any atom is 0.305 e. The van der Waals surface area contributed by atoms with Crippen LogP contribution in [0.4, 0.5) is 5.69 Å². The van der Waals surface area contributed by atoms with Crippen molar-refractivity contribution in [1.82, 2.24) is 10.3 Å². The number of hydrogen-bond acceptors (Lipinski definition) is 4. The second kappa shape index (κ2) is 5.83. The number of carboxylic acids is 1. The largest absolute Gasteiger partial charge is 0.481 e. The number of nitrogen functional groups attached to an aromatic ring is 1. The Balaban J connectivity index is 2.64. The third kappa shape index (κ3) is 4.10. The van der Waals surface area contributed by atoms with Crippen molar-refractivity contribution in [3.8, 4) is 0 Å². The zero-order valence-corrected chi connectivity index (χ0v) is 9.51. The lowest BCUT2D eigenvalue weighted by molar-refractivity contribution is -0.137. The topological polar surface area (TPSA) is 105 Å². The summed E-state index contributed by atoms with van der Waals surface area (Å²) in [7, 11) is 0. The van der Waals surface area contributed by atoms with E-state index in [0.717, 1.165) is 0 Å². The third-order valence-electron chi connectivity index (χ3n) is 2.27. The van der Waals surface area contributed by atoms with Gasteiger partial charge >= 0.3 is 5.97 Å². The van der Waals surface area contributed by atoms with Crippen molar-refractivity contribution in [1.29, 1.82) is 0 Å². The molecule has 0 saturated carbocycles. The van der Waals surface area contributed by atoms with Crippen molar-refractivity contribution in [3.05, 3.63) is 24.0 Å². The highest BCUT2D eigenvalue weighted by Gasteiger charge is 2.15. The summed E-state index contributed by atoms with van der Waals surface area (Å²) in [5.74, 6) is -1.33. The Kier molecular flexibility index (Phi) is 4.45. The standard InChI is InChI=1S/C11H15N3O3/c1-2-8(5-10(15)16)14-11(17)9-4-3-7(12)6-13-9/h3-4,6,8H,2,5,12H2,1H3,(H,14,17)(H,15,16). The number of carbonyl (C=O) groups is 2. The van der Waals surface area contributed by atoms with E-state index in [0.29, 0.717) is 12.1 Å². The number of aliphatic carboxylic acids is 1. The van der Waals surface area contributed by atoms with E-state index in [1.807, 2.05) is 6.92 Å². The van der Waals surface area contributed by atoms with Crippen LogP contribution >= 0.6 is 0 Å². The van der Waals surface area contributed by atoms with Crippen LogP contribution in [-0.4, -0.2) is 28.0 Å². The number of nitrogens with two attached hydrogens (primary N) is 1. The first-order valence-corrected chi connectivity index (χ1v) is 5.27. The zero-order valence-electron chi connectivity index (χ0n) is 9.51. The highest BCUT2D eigenvalue weighted by Crippen LogP contribution is 2.03. The molecule has 0 radical (unpaired) electrons. The molecule has 17 heavy (non-hydrogen) atoms. The first-order valence-electron chi connectivity index (χ1n) is 5.27. The van der Waals surface area contributed by atoms with E-state index in [9.17, 15) is 9.59 Å². The van der Waals surface area contributed by atoms with Gasteiger partial charge in [-0.1, -0.05) is 6.92 Å². The van der Waals surface area contributed by atoms with Crippen molar-refractivity contribution in [3.63, 3.8) is 0 Å². The van der Waals surface area contributed by atoms with Crippen LogP contribution in [0.5, 0.6) is 0 Å². The molecule has 6 nitrogen and oxygen atoms in total. The average Bonchev–Trinajstić information content (AvgIpc) is 2.28. The fraction of sp³-hybridized carbons (Fsp3) is 0.364. The minimum Gasteiger partial charge on any atom is -0.481 e. The summed E-state index contributed by atoms with van der Waals surface area (Å²) in [5, 5.41) is 11.3. The van der Waals surface area contributed by atoms with Gasteiger partial charge in [0.1, 0.15) is 5.69 Å². The van der Waals surface area contributed by atoms with Gasteiger partial charge in [-0.3, -0.25) is 9.59 Å². The highest BCUT2D eigenvalue weighted by atomic mass is 16.4. The predicted octanol–water partition coefficient (Wildman–Crippen LogP) is 0.647. The third-order valence-corrected chi connectivity index (χ3v) is 2.27. The van der Waals surface area contributed by atoms with E-state index in [1.165, 1.54) is 12.3 Å². The number of anilines is 1. The highest BCUT2D eigenvalue weighted by molar-refractivity contribution is 5.92. The Hall–Kier alpha value is -2.11. The van der Waals surface area contributed by atoms with E-state index < -0.39 is 11.9 Å². The fourth-order valence-corrected chi connectivity index (χ4v) is 1.31. The normalized spacial score (nSPS) is 11.8. The average molecular weight is 237 g/mol. The number of rotatable bonds is 5. The lowest BCUT2D eigenvalue weighted by Crippen LogP contribution is -2.36. The van der Waals surface area contributed by atoms with Crippen molar-refractivity contribution >= 4 is 17.6 Å². The molecule has 1 heterocycles. The van der Waals surface area contributed by atoms with Crippen molar-refractivity contribution in [2.45, 2.75) is 25.8 Å². The van der Waals surface area contributed by atoms with Crippen LogP contribution in [0.15, 0.2) is 18.3 Å². The van der Waals surface area contributed by atoms with Crippen LogP contribution in [-0.2, 0) is 4.79 Å². The number of aromatic nitrogens is 1. The van der Waals surface area contributed by atoms with Crippen molar-refractivity contribution < 1.29 is 14.7 Å². The summed E-state index contributed by atoms with van der Waals surface area (Å²) < 4.78 is 0. The van der Waals surface area contributed by atoms with Crippen LogP contribution in [0.1, 0.15) is 30.3 Å². The monoisotopic (exact) mass is 237 g/mol. The number of hydrogen-bond donors (Lipinski definition) is 3. The Morgan fingerprint density at radius 1 is 1.53 bits per heavy atom. The summed E-state index contributed by atoms with van der Waals surface area (Å²) in [6.07, 6.45) is 1.83. The molecule has 6 heteroatoms. The van der Waals surface area contributed by atoms with Gasteiger partial charge in [0.2, 0.25) is 0 Å². The Labute approximate surface area is 98.8 Å². The molecule has 1 unspecified atom stereocenters. The maximum atomic E-state index is 11.7. The van der Waals surface area contributed by atoms with Crippen LogP contribution < -0.4 is 11.1 Å². The van der Waals surface area contributed by atoms with Gasteiger partial charge in [-0.25, -0.2) is 4.98 Å². The Morgan fingerprint density at radius 3 is 2.71 bits per heavy atom. The summed E-state index contributed by atoms with van der Waals surface area (Å²) in [6, 6.07) is 2.68. The van der Waals surface area contributed by atoms with Gasteiger partial charge in [0, 0.05) is 6.04 Å². The minimum absolute atomic E-state index is 0.1000. The number of nitrogens with zero attached hydrogens (tertiary/aromatic N) is 1. The van der Waals surface area contributed by atoms with Gasteiger partial charge in [-0.2, -0.15) is 0 Å². The van der Waals surface area contributed by atoms with Gasteiger partial charge in [0.05, 0.1) is 18.3 Å². The molecule has 4 N–H and O–H groups in total. The summed E-state index contributed by atoms with van der Waals surface area (Å²) >= 11 is 0. The van der Waals surface area contributed by atoms with Crippen molar-refractivity contribution in [2.75, 3.05) is 5.73 Å². The van der Waals surface area contributed by atoms with Gasteiger partial charge in [0.25, 0.3) is 5.91 Å². The molecule has 1 amide bonds. The number of nitrogens with one attached hydrogen (secondary N) is 1. The van der Waals surface area contributed by atoms with Crippen molar-refractivity contribution in [2.24, 2.45) is 0 Å². The maximum absolute atomic E-state index is 11.7. The van der Waals surface area contributed by atoms with Gasteiger partial charge in [0.15, 0.2) is 0 Å². The van der Waals surface area contributed by atoms with Gasteiger partial charge < -0.3 is 16.2 Å². The molecule has 0 aromatic carbocycles. The van der Waals surface area contributed by atoms with Gasteiger partial charge in [-0.05, 0) is 18.6 Å². The van der Waals surface area contributed by atoms with Gasteiger partial charge in [-0.15, -0.1) is 0 Å². The summed E-state index contributed by atoms with van der Waals surface area (Å²) in [4.78, 5) is 26.1. The second-order valence-electron chi connectivity index (χ2n) is 3.65. The first-order chi connectivity index (χ1) is 8.02. The quantitative estimate of drug-likeness (QED) is 0.697. The lowest BCUT2D eigenvalue weighted by atomic mass is 10.1. The van der Waals surface area contributed by atoms with Crippen LogP contribution in [0.3, 0.4) is 0 Å². The molecule has 0 aliphatic rings. The Bertz CT molecular complexity index is 403. The predicted molar refractivity (Wildman–Crippen MR) is 62.4 cm³/mol. The van der Waals surface area contributed by atoms with E-state index in [2.05, 4.69) is 10.3 Å². The molecule has 92 valence electrons. The molecule has 0 aliphatic heterocycles. The molecule has 1 aromatic heterocycles. The van der Waals surface area contributed by atoms with E-state index in [4.69, 9.17) is 10.8 Å². The van der Waals surface area contributed by atoms with Crippen LogP contribution in [0.25, 0.3) is 0 Å². The molecular formula is C11H15N3O3. The van der Waals surface area contributed by atoms with E-state index in [1.54, 1.807) is 6.07 Å². The molecule has 0 bridgehead atoms. The zero-order chi connectivity index (χ0) is 12.8. The molecule has 1 aromatic rings. The number of carbonyl (C=O) groups excluding carboxylic acids is 1. The number of pyridine rings is 1. The molecular weight excluding hydrogens is 222 g/mol. The SMILES string of the molecule is CCC(CC(=O)O)NC(=O)c1ccc(N)cn1. The molecule has 1 rings (SSSR count). The molecule has 0 aliphatic carbocycles. The fourth-order valence-electron chi connectivity index (χ4n) is 1.31. The van der Waals surface area contributed by atoms with Crippen LogP contribution in [0, 0.1) is 0 Å². The molecule has 1 atom stereocenters. The number of carboxylic acid groups (broad SMARTS) is 1. The Morgan fingerprint density at radius 2 is 2.24 bits per heavy atom. The second-order valence-corrected chi connectivity index (χ2v) is 3.65. The summed E-state index contributed by atoms with van der Waals surface area (Å²) in [5.41, 5.74) is 6.14. The van der Waals surface area contributed by atoms with E-state index in [-0.39, 0.29) is 18.2 Å². The molecule has 0 saturated heterocycles. The van der Waals surface area contributed by atoms with E-state index >= 15 is 0 Å². The number of amides is 1. The summed E-state index contributed by atoms with van der Waals surface area (Å²) in [6.45, 7) is 1.81. The first kappa shape index (κ1) is 13.0.